The molecule has 102 valence electrons. The molecule has 0 heterocycles. The molecule has 0 fully saturated rings. The van der Waals surface area contributed by atoms with Crippen LogP contribution in [-0.2, 0) is 4.79 Å². The molecular weight excluding hydrogens is 214 g/mol. The fraction of sp³-hybridized carbons (Fsp3) is 0.923. The Morgan fingerprint density at radius 2 is 2.00 bits per heavy atom. The summed E-state index contributed by atoms with van der Waals surface area (Å²) in [6.07, 6.45) is 3.86. The number of hydrogen-bond acceptors (Lipinski definition) is 3. The Kier molecular flexibility index (Phi) is 9.09. The third-order valence-electron chi connectivity index (χ3n) is 3.07. The van der Waals surface area contributed by atoms with E-state index in [4.69, 9.17) is 5.73 Å². The Morgan fingerprint density at radius 1 is 1.35 bits per heavy atom. The molecule has 3 N–H and O–H groups in total. The molecule has 0 spiro atoms. The summed E-state index contributed by atoms with van der Waals surface area (Å²) in [4.78, 5) is 13.8. The van der Waals surface area contributed by atoms with Crippen molar-refractivity contribution in [3.8, 4) is 0 Å². The second-order valence-electron chi connectivity index (χ2n) is 4.97. The van der Waals surface area contributed by atoms with Crippen LogP contribution in [0.2, 0.25) is 0 Å². The van der Waals surface area contributed by atoms with Crippen LogP contribution >= 0.6 is 0 Å². The number of unbranched alkanes of at least 4 members (excludes halogenated alkanes) is 1. The van der Waals surface area contributed by atoms with Gasteiger partial charge in [-0.05, 0) is 40.3 Å². The summed E-state index contributed by atoms with van der Waals surface area (Å²) in [6, 6.07) is 0.218. The molecule has 0 aliphatic rings. The van der Waals surface area contributed by atoms with E-state index in [0.717, 1.165) is 38.8 Å². The fourth-order valence-electron chi connectivity index (χ4n) is 1.48. The Hall–Kier alpha value is -0.610. The Bertz CT molecular complexity index is 207. The highest BCUT2D eigenvalue weighted by atomic mass is 16.2. The smallest absolute Gasteiger partial charge is 0.236 e. The lowest BCUT2D eigenvalue weighted by atomic mass is 10.1. The second kappa shape index (κ2) is 9.42. The van der Waals surface area contributed by atoms with Gasteiger partial charge in [0.1, 0.15) is 0 Å². The van der Waals surface area contributed by atoms with E-state index in [2.05, 4.69) is 38.0 Å². The zero-order valence-corrected chi connectivity index (χ0v) is 11.8. The van der Waals surface area contributed by atoms with Crippen molar-refractivity contribution < 1.29 is 4.79 Å². The number of carbonyl (C=O) groups is 1. The molecule has 0 bridgehead atoms. The van der Waals surface area contributed by atoms with Gasteiger partial charge in [-0.3, -0.25) is 4.79 Å². The average Bonchev–Trinajstić information content (AvgIpc) is 2.30. The largest absolute Gasteiger partial charge is 0.355 e. The fourth-order valence-corrected chi connectivity index (χ4v) is 1.48. The van der Waals surface area contributed by atoms with E-state index in [-0.39, 0.29) is 11.9 Å². The number of hydrogen-bond donors (Lipinski definition) is 2. The molecule has 0 saturated carbocycles. The van der Waals surface area contributed by atoms with E-state index in [1.54, 1.807) is 0 Å². The van der Waals surface area contributed by atoms with Crippen LogP contribution in [0.15, 0.2) is 0 Å². The van der Waals surface area contributed by atoms with E-state index in [0.29, 0.717) is 6.04 Å². The number of nitrogens with two attached hydrogens (primary N) is 1. The maximum absolute atomic E-state index is 11.6. The molecule has 4 nitrogen and oxygen atoms in total. The highest BCUT2D eigenvalue weighted by molar-refractivity contribution is 5.81. The predicted octanol–water partition coefficient (Wildman–Crippen LogP) is 1.35. The van der Waals surface area contributed by atoms with E-state index in [9.17, 15) is 4.79 Å². The highest BCUT2D eigenvalue weighted by Gasteiger charge is 2.11. The lowest BCUT2D eigenvalue weighted by molar-refractivity contribution is -0.122. The van der Waals surface area contributed by atoms with Crippen molar-refractivity contribution in [1.29, 1.82) is 0 Å². The zero-order chi connectivity index (χ0) is 13.3. The van der Waals surface area contributed by atoms with Gasteiger partial charge in [-0.2, -0.15) is 0 Å². The molecule has 0 saturated heterocycles. The lowest BCUT2D eigenvalue weighted by Gasteiger charge is -2.21. The van der Waals surface area contributed by atoms with Gasteiger partial charge in [-0.1, -0.05) is 19.8 Å². The molecule has 0 aromatic rings. The van der Waals surface area contributed by atoms with Crippen LogP contribution in [0.4, 0.5) is 0 Å². The SMILES string of the molecule is CCCCC(N)C(=O)NCCCN(C)C(C)C. The average molecular weight is 243 g/mol. The van der Waals surface area contributed by atoms with Gasteiger partial charge in [-0.25, -0.2) is 0 Å². The van der Waals surface area contributed by atoms with Crippen molar-refractivity contribution in [2.45, 2.75) is 58.5 Å². The third kappa shape index (κ3) is 8.16. The van der Waals surface area contributed by atoms with E-state index in [1.165, 1.54) is 0 Å². The van der Waals surface area contributed by atoms with Gasteiger partial charge < -0.3 is 16.0 Å². The highest BCUT2D eigenvalue weighted by Crippen LogP contribution is 1.98. The van der Waals surface area contributed by atoms with Crippen LogP contribution in [0.25, 0.3) is 0 Å². The first-order chi connectivity index (χ1) is 7.99. The number of rotatable bonds is 9. The molecule has 17 heavy (non-hydrogen) atoms. The molecule has 4 heteroatoms. The molecule has 0 aliphatic heterocycles. The molecule has 1 unspecified atom stereocenters. The molecular formula is C13H29N3O. The van der Waals surface area contributed by atoms with Crippen LogP contribution in [0.5, 0.6) is 0 Å². The Morgan fingerprint density at radius 3 is 2.53 bits per heavy atom. The molecule has 0 rings (SSSR count). The number of amides is 1. The second-order valence-corrected chi connectivity index (χ2v) is 4.97. The van der Waals surface area contributed by atoms with Crippen LogP contribution < -0.4 is 11.1 Å². The quantitative estimate of drug-likeness (QED) is 0.601. The summed E-state index contributed by atoms with van der Waals surface area (Å²) < 4.78 is 0. The molecule has 1 amide bonds. The minimum absolute atomic E-state index is 0.00866. The van der Waals surface area contributed by atoms with Crippen LogP contribution in [0.3, 0.4) is 0 Å². The van der Waals surface area contributed by atoms with Crippen molar-refractivity contribution in [3.05, 3.63) is 0 Å². The molecule has 0 radical (unpaired) electrons. The topological polar surface area (TPSA) is 58.4 Å². The van der Waals surface area contributed by atoms with Gasteiger partial charge in [0.2, 0.25) is 5.91 Å². The maximum Gasteiger partial charge on any atom is 0.236 e. The van der Waals surface area contributed by atoms with Crippen molar-refractivity contribution in [1.82, 2.24) is 10.2 Å². The summed E-state index contributed by atoms with van der Waals surface area (Å²) in [6.45, 7) is 8.16. The van der Waals surface area contributed by atoms with Crippen LogP contribution in [0.1, 0.15) is 46.5 Å². The van der Waals surface area contributed by atoms with E-state index in [1.807, 2.05) is 0 Å². The van der Waals surface area contributed by atoms with Crippen LogP contribution in [-0.4, -0.2) is 43.0 Å². The number of nitrogens with one attached hydrogen (secondary N) is 1. The molecule has 0 aromatic carbocycles. The van der Waals surface area contributed by atoms with Gasteiger partial charge in [0.05, 0.1) is 6.04 Å². The van der Waals surface area contributed by atoms with Gasteiger partial charge in [0.25, 0.3) is 0 Å². The minimum atomic E-state index is -0.335. The number of nitrogens with zero attached hydrogens (tertiary/aromatic N) is 1. The Labute approximate surface area is 106 Å². The van der Waals surface area contributed by atoms with Crippen molar-refractivity contribution in [2.24, 2.45) is 5.73 Å². The summed E-state index contributed by atoms with van der Waals surface area (Å²) in [5, 5.41) is 2.90. The standard InChI is InChI=1S/C13H29N3O/c1-5-6-8-12(14)13(17)15-9-7-10-16(4)11(2)3/h11-12H,5-10,14H2,1-4H3,(H,15,17). The first-order valence-electron chi connectivity index (χ1n) is 6.72. The summed E-state index contributed by atoms with van der Waals surface area (Å²) in [5.41, 5.74) is 5.77. The Balaban J connectivity index is 3.57. The zero-order valence-electron chi connectivity index (χ0n) is 11.8. The summed E-state index contributed by atoms with van der Waals surface area (Å²) in [5.74, 6) is -0.00866. The monoisotopic (exact) mass is 243 g/mol. The van der Waals surface area contributed by atoms with Gasteiger partial charge >= 0.3 is 0 Å². The molecule has 0 aliphatic carbocycles. The van der Waals surface area contributed by atoms with Gasteiger partial charge in [0.15, 0.2) is 0 Å². The normalized spacial score (nSPS) is 13.1. The van der Waals surface area contributed by atoms with Crippen LogP contribution in [0, 0.1) is 0 Å². The first-order valence-corrected chi connectivity index (χ1v) is 6.72. The van der Waals surface area contributed by atoms with E-state index >= 15 is 0 Å². The van der Waals surface area contributed by atoms with Crippen molar-refractivity contribution >= 4 is 5.91 Å². The van der Waals surface area contributed by atoms with Crippen molar-refractivity contribution in [3.63, 3.8) is 0 Å². The summed E-state index contributed by atoms with van der Waals surface area (Å²) >= 11 is 0. The molecule has 0 aromatic heterocycles. The van der Waals surface area contributed by atoms with Crippen molar-refractivity contribution in [2.75, 3.05) is 20.1 Å². The maximum atomic E-state index is 11.6. The minimum Gasteiger partial charge on any atom is -0.355 e. The third-order valence-corrected chi connectivity index (χ3v) is 3.07. The first kappa shape index (κ1) is 16.4. The number of carbonyl (C=O) groups excluding carboxylic acids is 1. The summed E-state index contributed by atoms with van der Waals surface area (Å²) in [7, 11) is 2.10. The van der Waals surface area contributed by atoms with Gasteiger partial charge in [-0.15, -0.1) is 0 Å². The predicted molar refractivity (Wildman–Crippen MR) is 72.9 cm³/mol. The molecule has 1 atom stereocenters. The van der Waals surface area contributed by atoms with Gasteiger partial charge in [0, 0.05) is 12.6 Å². The van der Waals surface area contributed by atoms with E-state index < -0.39 is 0 Å². The lowest BCUT2D eigenvalue weighted by Crippen LogP contribution is -2.41.